The van der Waals surface area contributed by atoms with Crippen molar-refractivity contribution in [2.75, 3.05) is 0 Å². The molecule has 1 heteroatoms. The average Bonchev–Trinajstić information content (AvgIpc) is 2.67. The Kier molecular flexibility index (Phi) is 2.96. The molecule has 18 heavy (non-hydrogen) atoms. The van der Waals surface area contributed by atoms with Gasteiger partial charge < -0.3 is 0 Å². The Labute approximate surface area is 111 Å². The van der Waals surface area contributed by atoms with E-state index < -0.39 is 0 Å². The van der Waals surface area contributed by atoms with Crippen LogP contribution < -0.4 is 0 Å². The van der Waals surface area contributed by atoms with Crippen LogP contribution in [0.2, 0.25) is 0 Å². The molecule has 0 radical (unpaired) electrons. The van der Waals surface area contributed by atoms with Crippen molar-refractivity contribution in [3.63, 3.8) is 0 Å². The number of pyridine rings is 1. The fraction of sp³-hybridized carbons (Fsp3) is 0.706. The number of hydrogen-bond donors (Lipinski definition) is 0. The molecular formula is C17H25N. The highest BCUT2D eigenvalue weighted by Gasteiger charge is 2.44. The van der Waals surface area contributed by atoms with Crippen molar-refractivity contribution in [1.82, 2.24) is 4.98 Å². The molecule has 0 amide bonds. The van der Waals surface area contributed by atoms with E-state index in [0.717, 1.165) is 5.92 Å². The molecule has 1 spiro atoms. The van der Waals surface area contributed by atoms with Crippen LogP contribution in [0.1, 0.15) is 70.3 Å². The zero-order valence-electron chi connectivity index (χ0n) is 11.8. The molecule has 1 nitrogen and oxygen atoms in total. The summed E-state index contributed by atoms with van der Waals surface area (Å²) >= 11 is 0. The molecule has 2 saturated carbocycles. The number of aromatic nitrogens is 1. The fourth-order valence-electron chi connectivity index (χ4n) is 4.42. The highest BCUT2D eigenvalue weighted by atomic mass is 14.6. The summed E-state index contributed by atoms with van der Waals surface area (Å²) < 4.78 is 0. The molecule has 0 bridgehead atoms. The van der Waals surface area contributed by atoms with Crippen molar-refractivity contribution in [3.8, 4) is 0 Å². The minimum atomic E-state index is 0.601. The van der Waals surface area contributed by atoms with Crippen molar-refractivity contribution in [1.29, 1.82) is 0 Å². The zero-order valence-corrected chi connectivity index (χ0v) is 11.8. The van der Waals surface area contributed by atoms with Crippen LogP contribution in [0.4, 0.5) is 0 Å². The predicted molar refractivity (Wildman–Crippen MR) is 75.5 cm³/mol. The van der Waals surface area contributed by atoms with E-state index in [2.05, 4.69) is 31.0 Å². The molecule has 2 aliphatic carbocycles. The van der Waals surface area contributed by atoms with Crippen LogP contribution >= 0.6 is 0 Å². The smallest absolute Gasteiger partial charge is 0.0270 e. The van der Waals surface area contributed by atoms with Crippen LogP contribution in [0.15, 0.2) is 24.5 Å². The fourth-order valence-corrected chi connectivity index (χ4v) is 4.42. The quantitative estimate of drug-likeness (QED) is 0.681. The first kappa shape index (κ1) is 12.2. The summed E-state index contributed by atoms with van der Waals surface area (Å²) in [5.74, 6) is 0.794. The summed E-state index contributed by atoms with van der Waals surface area (Å²) in [7, 11) is 0. The molecular weight excluding hydrogens is 218 g/mol. The first-order valence-electron chi connectivity index (χ1n) is 7.49. The molecule has 1 aromatic rings. The van der Waals surface area contributed by atoms with E-state index in [1.54, 1.807) is 0 Å². The molecule has 0 atom stereocenters. The van der Waals surface area contributed by atoms with Gasteiger partial charge in [-0.15, -0.1) is 0 Å². The van der Waals surface area contributed by atoms with Crippen molar-refractivity contribution >= 4 is 0 Å². The summed E-state index contributed by atoms with van der Waals surface area (Å²) in [6, 6.07) is 4.42. The average molecular weight is 243 g/mol. The van der Waals surface area contributed by atoms with Gasteiger partial charge in [-0.25, -0.2) is 0 Å². The normalized spacial score (nSPS) is 34.9. The molecule has 2 aliphatic rings. The molecule has 3 rings (SSSR count). The van der Waals surface area contributed by atoms with Gasteiger partial charge in [0.25, 0.3) is 0 Å². The maximum absolute atomic E-state index is 4.13. The number of hydrogen-bond acceptors (Lipinski definition) is 1. The van der Waals surface area contributed by atoms with Gasteiger partial charge in [0.1, 0.15) is 0 Å². The van der Waals surface area contributed by atoms with Crippen molar-refractivity contribution in [3.05, 3.63) is 30.1 Å². The molecule has 1 aromatic heterocycles. The van der Waals surface area contributed by atoms with E-state index in [0.29, 0.717) is 10.8 Å². The summed E-state index contributed by atoms with van der Waals surface area (Å²) in [6.45, 7) is 4.91. The first-order chi connectivity index (χ1) is 8.59. The van der Waals surface area contributed by atoms with Crippen molar-refractivity contribution in [2.24, 2.45) is 10.8 Å². The topological polar surface area (TPSA) is 12.9 Å². The van der Waals surface area contributed by atoms with Crippen LogP contribution in [0.5, 0.6) is 0 Å². The third kappa shape index (κ3) is 2.32. The van der Waals surface area contributed by atoms with Crippen LogP contribution in [-0.4, -0.2) is 4.98 Å². The second-order valence-electron chi connectivity index (χ2n) is 7.40. The van der Waals surface area contributed by atoms with Gasteiger partial charge in [-0.3, -0.25) is 4.98 Å². The number of rotatable bonds is 1. The Morgan fingerprint density at radius 3 is 2.22 bits per heavy atom. The highest BCUT2D eigenvalue weighted by molar-refractivity contribution is 5.17. The lowest BCUT2D eigenvalue weighted by Gasteiger charge is -2.38. The second kappa shape index (κ2) is 4.36. The second-order valence-corrected chi connectivity index (χ2v) is 7.40. The molecule has 0 unspecified atom stereocenters. The van der Waals surface area contributed by atoms with E-state index in [4.69, 9.17) is 0 Å². The van der Waals surface area contributed by atoms with Gasteiger partial charge in [-0.05, 0) is 79.4 Å². The van der Waals surface area contributed by atoms with E-state index in [9.17, 15) is 0 Å². The van der Waals surface area contributed by atoms with Crippen LogP contribution in [0, 0.1) is 10.8 Å². The lowest BCUT2D eigenvalue weighted by molar-refractivity contribution is 0.161. The standard InChI is InChI=1S/C17H25N/c1-16(2)9-10-17(13-16)7-3-14(4-8-17)15-5-11-18-12-6-15/h5-6,11-12,14H,3-4,7-10,13H2,1-2H3. The highest BCUT2D eigenvalue weighted by Crippen LogP contribution is 2.57. The van der Waals surface area contributed by atoms with Gasteiger partial charge in [0.05, 0.1) is 0 Å². The van der Waals surface area contributed by atoms with E-state index >= 15 is 0 Å². The van der Waals surface area contributed by atoms with Crippen LogP contribution in [-0.2, 0) is 0 Å². The maximum atomic E-state index is 4.13. The van der Waals surface area contributed by atoms with E-state index in [-0.39, 0.29) is 0 Å². The Hall–Kier alpha value is -0.850. The first-order valence-corrected chi connectivity index (χ1v) is 7.49. The van der Waals surface area contributed by atoms with Gasteiger partial charge in [0.15, 0.2) is 0 Å². The lowest BCUT2D eigenvalue weighted by Crippen LogP contribution is -2.25. The van der Waals surface area contributed by atoms with Crippen molar-refractivity contribution < 1.29 is 0 Å². The lowest BCUT2D eigenvalue weighted by atomic mass is 9.67. The summed E-state index contributed by atoms with van der Waals surface area (Å²) in [5.41, 5.74) is 2.81. The molecule has 0 saturated heterocycles. The molecule has 0 N–H and O–H groups in total. The Bertz CT molecular complexity index is 399. The maximum Gasteiger partial charge on any atom is 0.0270 e. The Morgan fingerprint density at radius 2 is 1.67 bits per heavy atom. The third-order valence-corrected chi connectivity index (χ3v) is 5.41. The molecule has 2 fully saturated rings. The number of nitrogens with zero attached hydrogens (tertiary/aromatic N) is 1. The zero-order chi connectivity index (χ0) is 12.6. The van der Waals surface area contributed by atoms with Gasteiger partial charge in [-0.2, -0.15) is 0 Å². The van der Waals surface area contributed by atoms with Gasteiger partial charge in [0.2, 0.25) is 0 Å². The molecule has 1 heterocycles. The SMILES string of the molecule is CC1(C)CCC2(CCC(c3ccncc3)CC2)C1. The summed E-state index contributed by atoms with van der Waals surface area (Å²) in [5, 5.41) is 0. The molecule has 98 valence electrons. The van der Waals surface area contributed by atoms with Gasteiger partial charge >= 0.3 is 0 Å². The minimum absolute atomic E-state index is 0.601. The monoisotopic (exact) mass is 243 g/mol. The van der Waals surface area contributed by atoms with Gasteiger partial charge in [-0.1, -0.05) is 13.8 Å². The van der Waals surface area contributed by atoms with Crippen molar-refractivity contribution in [2.45, 2.75) is 64.7 Å². The summed E-state index contributed by atoms with van der Waals surface area (Å²) in [6.07, 6.45) is 13.9. The molecule has 0 aliphatic heterocycles. The third-order valence-electron chi connectivity index (χ3n) is 5.41. The van der Waals surface area contributed by atoms with Crippen LogP contribution in [0.3, 0.4) is 0 Å². The van der Waals surface area contributed by atoms with E-state index in [1.807, 2.05) is 12.4 Å². The summed E-state index contributed by atoms with van der Waals surface area (Å²) in [4.78, 5) is 4.13. The predicted octanol–water partition coefficient (Wildman–Crippen LogP) is 4.94. The van der Waals surface area contributed by atoms with Gasteiger partial charge in [0, 0.05) is 12.4 Å². The van der Waals surface area contributed by atoms with E-state index in [1.165, 1.54) is 50.5 Å². The Balaban J connectivity index is 1.65. The Morgan fingerprint density at radius 1 is 1.00 bits per heavy atom. The molecule has 0 aromatic carbocycles. The largest absolute Gasteiger partial charge is 0.265 e. The van der Waals surface area contributed by atoms with Crippen LogP contribution in [0.25, 0.3) is 0 Å². The minimum Gasteiger partial charge on any atom is -0.265 e.